The Morgan fingerprint density at radius 1 is 1.50 bits per heavy atom. The van der Waals surface area contributed by atoms with Crippen molar-refractivity contribution in [1.29, 1.82) is 0 Å². The van der Waals surface area contributed by atoms with Crippen LogP contribution >= 0.6 is 0 Å². The van der Waals surface area contributed by atoms with Crippen LogP contribution in [0.3, 0.4) is 0 Å². The Bertz CT molecular complexity index is 247. The number of rotatable bonds is 3. The number of carbonyl (C=O) groups is 2. The molecule has 1 aliphatic carbocycles. The predicted molar refractivity (Wildman–Crippen MR) is 49.0 cm³/mol. The molecule has 0 aromatic rings. The molecule has 5 nitrogen and oxygen atoms in total. The lowest BCUT2D eigenvalue weighted by atomic mass is 9.82. The quantitative estimate of drug-likeness (QED) is 0.717. The molecule has 0 radical (unpaired) electrons. The van der Waals surface area contributed by atoms with Gasteiger partial charge in [-0.3, -0.25) is 4.79 Å². The third-order valence-electron chi connectivity index (χ3n) is 2.46. The van der Waals surface area contributed by atoms with E-state index in [9.17, 15) is 9.59 Å². The maximum atomic E-state index is 11.2. The molecule has 0 aliphatic heterocycles. The van der Waals surface area contributed by atoms with Gasteiger partial charge in [0.25, 0.3) is 0 Å². The summed E-state index contributed by atoms with van der Waals surface area (Å²) in [5.41, 5.74) is -0.387. The molecule has 1 fully saturated rings. The summed E-state index contributed by atoms with van der Waals surface area (Å²) in [4.78, 5) is 21.6. The van der Waals surface area contributed by atoms with Gasteiger partial charge in [-0.05, 0) is 33.1 Å². The van der Waals surface area contributed by atoms with Crippen LogP contribution in [0, 0.1) is 0 Å². The fourth-order valence-electron chi connectivity index (χ4n) is 1.27. The highest BCUT2D eigenvalue weighted by Gasteiger charge is 2.36. The second-order valence-electron chi connectivity index (χ2n) is 3.90. The third kappa shape index (κ3) is 2.61. The van der Waals surface area contributed by atoms with Gasteiger partial charge in [0.15, 0.2) is 0 Å². The van der Waals surface area contributed by atoms with E-state index in [2.05, 4.69) is 5.32 Å². The topological polar surface area (TPSA) is 75.6 Å². The lowest BCUT2D eigenvalue weighted by molar-refractivity contribution is -0.139. The maximum absolute atomic E-state index is 11.2. The van der Waals surface area contributed by atoms with Crippen LogP contribution in [-0.4, -0.2) is 28.8 Å². The van der Waals surface area contributed by atoms with E-state index in [1.54, 1.807) is 0 Å². The van der Waals surface area contributed by atoms with E-state index in [4.69, 9.17) is 9.84 Å². The molecule has 2 N–H and O–H groups in total. The number of amides is 1. The summed E-state index contributed by atoms with van der Waals surface area (Å²) in [6.45, 7) is 3.24. The fourth-order valence-corrected chi connectivity index (χ4v) is 1.27. The van der Waals surface area contributed by atoms with E-state index in [-0.39, 0.29) is 5.60 Å². The zero-order valence-electron chi connectivity index (χ0n) is 8.37. The van der Waals surface area contributed by atoms with E-state index < -0.39 is 18.1 Å². The minimum atomic E-state index is -1.07. The third-order valence-corrected chi connectivity index (χ3v) is 2.46. The zero-order chi connectivity index (χ0) is 10.8. The number of nitrogens with one attached hydrogen (secondary N) is 1. The second kappa shape index (κ2) is 3.86. The van der Waals surface area contributed by atoms with Crippen molar-refractivity contribution in [3.63, 3.8) is 0 Å². The van der Waals surface area contributed by atoms with Crippen molar-refractivity contribution in [2.75, 3.05) is 0 Å². The summed E-state index contributed by atoms with van der Waals surface area (Å²) in [5.74, 6) is -1.07. The number of hydrogen-bond donors (Lipinski definition) is 2. The molecule has 80 valence electrons. The largest absolute Gasteiger partial charge is 0.480 e. The Morgan fingerprint density at radius 2 is 2.07 bits per heavy atom. The van der Waals surface area contributed by atoms with Crippen LogP contribution in [0.5, 0.6) is 0 Å². The first-order chi connectivity index (χ1) is 6.43. The van der Waals surface area contributed by atoms with Crippen LogP contribution in [0.15, 0.2) is 0 Å². The van der Waals surface area contributed by atoms with E-state index in [0.717, 1.165) is 19.3 Å². The molecule has 1 amide bonds. The van der Waals surface area contributed by atoms with Gasteiger partial charge >= 0.3 is 12.1 Å². The molecule has 0 bridgehead atoms. The molecule has 1 unspecified atom stereocenters. The number of hydrogen-bond acceptors (Lipinski definition) is 3. The highest BCUT2D eigenvalue weighted by atomic mass is 16.6. The molecule has 1 aliphatic rings. The van der Waals surface area contributed by atoms with Crippen molar-refractivity contribution in [2.24, 2.45) is 0 Å². The second-order valence-corrected chi connectivity index (χ2v) is 3.90. The summed E-state index contributed by atoms with van der Waals surface area (Å²) < 4.78 is 5.08. The van der Waals surface area contributed by atoms with Gasteiger partial charge in [0.1, 0.15) is 11.6 Å². The zero-order valence-corrected chi connectivity index (χ0v) is 8.37. The molecular weight excluding hydrogens is 186 g/mol. The van der Waals surface area contributed by atoms with Crippen molar-refractivity contribution in [2.45, 2.75) is 44.8 Å². The molecule has 0 aromatic heterocycles. The van der Waals surface area contributed by atoms with E-state index >= 15 is 0 Å². The SMILES string of the molecule is CC(NC(=O)OC1(C)CCC1)C(=O)O. The number of ether oxygens (including phenoxy) is 1. The Balaban J connectivity index is 2.32. The Labute approximate surface area is 82.4 Å². The average Bonchev–Trinajstić information content (AvgIpc) is 2.00. The van der Waals surface area contributed by atoms with Crippen molar-refractivity contribution in [3.05, 3.63) is 0 Å². The van der Waals surface area contributed by atoms with Crippen LogP contribution in [-0.2, 0) is 9.53 Å². The lowest BCUT2D eigenvalue weighted by Crippen LogP contribution is -2.45. The van der Waals surface area contributed by atoms with Gasteiger partial charge in [-0.15, -0.1) is 0 Å². The van der Waals surface area contributed by atoms with Crippen LogP contribution < -0.4 is 5.32 Å². The normalized spacial score (nSPS) is 20.4. The van der Waals surface area contributed by atoms with Gasteiger partial charge in [-0.1, -0.05) is 0 Å². The van der Waals surface area contributed by atoms with Crippen molar-refractivity contribution < 1.29 is 19.4 Å². The number of carboxylic acids is 1. The molecule has 0 spiro atoms. The first-order valence-corrected chi connectivity index (χ1v) is 4.65. The minimum absolute atomic E-state index is 0.387. The molecule has 1 rings (SSSR count). The molecule has 14 heavy (non-hydrogen) atoms. The van der Waals surface area contributed by atoms with Crippen molar-refractivity contribution >= 4 is 12.1 Å². The van der Waals surface area contributed by atoms with Gasteiger partial charge in [0.2, 0.25) is 0 Å². The molecule has 5 heteroatoms. The average molecular weight is 201 g/mol. The Kier molecular flexibility index (Phi) is 2.98. The van der Waals surface area contributed by atoms with Gasteiger partial charge in [0.05, 0.1) is 0 Å². The van der Waals surface area contributed by atoms with Gasteiger partial charge in [0, 0.05) is 0 Å². The van der Waals surface area contributed by atoms with Gasteiger partial charge in [-0.2, -0.15) is 0 Å². The van der Waals surface area contributed by atoms with Crippen molar-refractivity contribution in [1.82, 2.24) is 5.32 Å². The summed E-state index contributed by atoms with van der Waals surface area (Å²) >= 11 is 0. The minimum Gasteiger partial charge on any atom is -0.480 e. The van der Waals surface area contributed by atoms with Crippen molar-refractivity contribution in [3.8, 4) is 0 Å². The first-order valence-electron chi connectivity index (χ1n) is 4.65. The Morgan fingerprint density at radius 3 is 2.43 bits per heavy atom. The summed E-state index contributed by atoms with van der Waals surface area (Å²) in [5, 5.41) is 10.8. The van der Waals surface area contributed by atoms with Crippen LogP contribution in [0.2, 0.25) is 0 Å². The fraction of sp³-hybridized carbons (Fsp3) is 0.778. The summed E-state index contributed by atoms with van der Waals surface area (Å²) in [6.07, 6.45) is 2.10. The first kappa shape index (κ1) is 10.8. The maximum Gasteiger partial charge on any atom is 0.408 e. The molecule has 0 saturated heterocycles. The van der Waals surface area contributed by atoms with E-state index in [1.807, 2.05) is 6.92 Å². The van der Waals surface area contributed by atoms with Crippen LogP contribution in [0.4, 0.5) is 4.79 Å². The summed E-state index contributed by atoms with van der Waals surface area (Å²) in [6, 6.07) is -0.911. The molecular formula is C9H15NO4. The van der Waals surface area contributed by atoms with E-state index in [1.165, 1.54) is 6.92 Å². The number of aliphatic carboxylic acids is 1. The number of carbonyl (C=O) groups excluding carboxylic acids is 1. The molecule has 1 saturated carbocycles. The molecule has 0 heterocycles. The smallest absolute Gasteiger partial charge is 0.408 e. The van der Waals surface area contributed by atoms with Gasteiger partial charge in [-0.25, -0.2) is 4.79 Å². The van der Waals surface area contributed by atoms with Crippen LogP contribution in [0.1, 0.15) is 33.1 Å². The van der Waals surface area contributed by atoms with Gasteiger partial charge < -0.3 is 15.2 Å². The highest BCUT2D eigenvalue weighted by molar-refractivity contribution is 5.79. The summed E-state index contributed by atoms with van der Waals surface area (Å²) in [7, 11) is 0. The molecule has 0 aromatic carbocycles. The number of carboxylic acid groups (broad SMARTS) is 1. The monoisotopic (exact) mass is 201 g/mol. The number of alkyl carbamates (subject to hydrolysis) is 1. The predicted octanol–water partition coefficient (Wildman–Crippen LogP) is 1.13. The highest BCUT2D eigenvalue weighted by Crippen LogP contribution is 2.34. The Hall–Kier alpha value is -1.26. The van der Waals surface area contributed by atoms with Crippen LogP contribution in [0.25, 0.3) is 0 Å². The standard InChI is InChI=1S/C9H15NO4/c1-6(7(11)12)10-8(13)14-9(2)4-3-5-9/h6H,3-5H2,1-2H3,(H,10,13)(H,11,12). The van der Waals surface area contributed by atoms with E-state index in [0.29, 0.717) is 0 Å². The lowest BCUT2D eigenvalue weighted by Gasteiger charge is -2.37. The molecule has 1 atom stereocenters.